The van der Waals surface area contributed by atoms with Crippen molar-refractivity contribution in [3.05, 3.63) is 13.5 Å². The number of rotatable bonds is 1. The van der Waals surface area contributed by atoms with Crippen molar-refractivity contribution in [3.8, 4) is 0 Å². The fourth-order valence-corrected chi connectivity index (χ4v) is 0. The molecule has 76 valence electrons. The fourth-order valence-electron chi connectivity index (χ4n) is 0. The molecule has 0 aliphatic carbocycles. The van der Waals surface area contributed by atoms with E-state index in [1.807, 2.05) is 0 Å². The van der Waals surface area contributed by atoms with Gasteiger partial charge in [-0.1, -0.05) is 33.0 Å². The minimum absolute atomic E-state index is 0. The minimum Gasteiger partial charge on any atom is -1.00 e. The van der Waals surface area contributed by atoms with Crippen molar-refractivity contribution in [2.45, 2.75) is 39.4 Å². The molecule has 0 fully saturated rings. The van der Waals surface area contributed by atoms with Crippen LogP contribution in [0.15, 0.2) is 0 Å². The maximum absolute atomic E-state index is 3.91. The van der Waals surface area contributed by atoms with E-state index in [0.29, 0.717) is 0 Å². The number of hydrogen-bond acceptors (Lipinski definition) is 0. The Morgan fingerprint density at radius 3 is 1.15 bits per heavy atom. The predicted octanol–water partition coefficient (Wildman–Crippen LogP) is -5.67. The molecule has 0 amide bonds. The molecule has 5 heteroatoms. The molecule has 0 nitrogen and oxygen atoms in total. The first-order valence-electron chi connectivity index (χ1n) is 3.56. The van der Waals surface area contributed by atoms with E-state index in [2.05, 4.69) is 40.0 Å². The van der Waals surface area contributed by atoms with E-state index in [-0.39, 0.29) is 78.8 Å². The van der Waals surface area contributed by atoms with Gasteiger partial charge in [0.2, 0.25) is 0 Å². The SMILES string of the molecule is [CH2-]CCC.[CH2-][Si](C)(C)C.[Cu+].[I-].[Li+].[Li+]. The summed E-state index contributed by atoms with van der Waals surface area (Å²) in [5, 5.41) is 0. The zero-order valence-electron chi connectivity index (χ0n) is 10.0. The Bertz CT molecular complexity index is 52.6. The second-order valence-electron chi connectivity index (χ2n) is 3.41. The van der Waals surface area contributed by atoms with Crippen LogP contribution in [-0.4, -0.2) is 8.07 Å². The van der Waals surface area contributed by atoms with E-state index in [9.17, 15) is 0 Å². The van der Waals surface area contributed by atoms with Crippen LogP contribution in [0.1, 0.15) is 19.8 Å². The Balaban J connectivity index is -0.0000000146. The van der Waals surface area contributed by atoms with Gasteiger partial charge >= 0.3 is 54.8 Å². The van der Waals surface area contributed by atoms with E-state index in [1.165, 1.54) is 6.42 Å². The van der Waals surface area contributed by atoms with Crippen molar-refractivity contribution in [2.75, 3.05) is 0 Å². The maximum atomic E-state index is 3.91. The Morgan fingerprint density at radius 1 is 1.08 bits per heavy atom. The van der Waals surface area contributed by atoms with E-state index in [4.69, 9.17) is 0 Å². The van der Waals surface area contributed by atoms with Crippen LogP contribution >= 0.6 is 0 Å². The van der Waals surface area contributed by atoms with Crippen LogP contribution in [0.3, 0.4) is 0 Å². The maximum Gasteiger partial charge on any atom is 1.00 e. The van der Waals surface area contributed by atoms with Crippen LogP contribution in [0.25, 0.3) is 0 Å². The Hall–Kier alpha value is 2.66. The summed E-state index contributed by atoms with van der Waals surface area (Å²) in [5.41, 5.74) is 0. The molecule has 0 aromatic rings. The summed E-state index contributed by atoms with van der Waals surface area (Å²) in [6, 6.07) is 0. The molecule has 0 aliphatic rings. The monoisotopic (exact) mass is 348 g/mol. The van der Waals surface area contributed by atoms with Crippen LogP contribution < -0.4 is 61.7 Å². The Labute approximate surface area is 138 Å². The second-order valence-corrected chi connectivity index (χ2v) is 8.54. The molecule has 0 bridgehead atoms. The Morgan fingerprint density at radius 2 is 1.15 bits per heavy atom. The van der Waals surface area contributed by atoms with E-state index >= 15 is 0 Å². The zero-order valence-corrected chi connectivity index (χ0v) is 14.1. The summed E-state index contributed by atoms with van der Waals surface area (Å²) >= 11 is 0. The molecule has 0 rings (SSSR count). The van der Waals surface area contributed by atoms with E-state index in [1.54, 1.807) is 0 Å². The summed E-state index contributed by atoms with van der Waals surface area (Å²) < 4.78 is 0. The van der Waals surface area contributed by atoms with Crippen molar-refractivity contribution in [1.82, 2.24) is 0 Å². The third kappa shape index (κ3) is 175. The van der Waals surface area contributed by atoms with Gasteiger partial charge in [0.15, 0.2) is 0 Å². The molecule has 0 saturated heterocycles. The van der Waals surface area contributed by atoms with Gasteiger partial charge in [-0.2, -0.15) is 6.42 Å². The minimum atomic E-state index is -0.861. The number of hydrogen-bond donors (Lipinski definition) is 0. The van der Waals surface area contributed by atoms with Gasteiger partial charge in [-0.25, -0.2) is 0 Å². The van der Waals surface area contributed by atoms with E-state index in [0.717, 1.165) is 6.42 Å². The van der Waals surface area contributed by atoms with Gasteiger partial charge in [-0.05, 0) is 0 Å². The standard InChI is InChI=1S/C4H11Si.C4H9.Cu.HI.2Li/c1-5(2,3)4;1-3-4-2;;;;/h1H2,2-4H3;1,3-4H2,2H3;;1H;;/q2*-1;+1;;2*+1/p-1. The van der Waals surface area contributed by atoms with Gasteiger partial charge in [-0.15, -0.1) is 8.07 Å². The summed E-state index contributed by atoms with van der Waals surface area (Å²) in [7, 11) is -0.861. The van der Waals surface area contributed by atoms with Crippen LogP contribution in [0.2, 0.25) is 19.6 Å². The van der Waals surface area contributed by atoms with Crippen molar-refractivity contribution in [1.29, 1.82) is 0 Å². The molecular formula is C8H20CuILi2Si. The summed E-state index contributed by atoms with van der Waals surface area (Å²) in [6.07, 6.45) is 2.28. The van der Waals surface area contributed by atoms with Gasteiger partial charge in [0.25, 0.3) is 0 Å². The molecule has 0 unspecified atom stereocenters. The molecular weight excluding hydrogens is 329 g/mol. The smallest absolute Gasteiger partial charge is 1.00 e. The summed E-state index contributed by atoms with van der Waals surface area (Å²) in [6.45, 7) is 16.3. The molecule has 0 aromatic carbocycles. The first-order valence-corrected chi connectivity index (χ1v) is 7.27. The van der Waals surface area contributed by atoms with Gasteiger partial charge in [0.1, 0.15) is 0 Å². The number of halogens is 1. The molecule has 0 heterocycles. The van der Waals surface area contributed by atoms with Gasteiger partial charge < -0.3 is 37.4 Å². The third-order valence-electron chi connectivity index (χ3n) is 0.354. The molecule has 0 radical (unpaired) electrons. The fraction of sp³-hybridized carbons (Fsp3) is 0.750. The summed E-state index contributed by atoms with van der Waals surface area (Å²) in [5.74, 6) is 0. The molecule has 0 N–H and O–H groups in total. The zero-order chi connectivity index (χ0) is 7.91. The molecule has 0 atom stereocenters. The molecule has 0 spiro atoms. The normalized spacial score (nSPS) is 6.92. The second kappa shape index (κ2) is 24.1. The van der Waals surface area contributed by atoms with Crippen LogP contribution in [-0.2, 0) is 17.1 Å². The van der Waals surface area contributed by atoms with Gasteiger partial charge in [0, 0.05) is 0 Å². The molecule has 0 aliphatic heterocycles. The Kier molecular flexibility index (Phi) is 66.8. The topological polar surface area (TPSA) is 0 Å². The molecule has 13 heavy (non-hydrogen) atoms. The van der Waals surface area contributed by atoms with Crippen molar-refractivity contribution < 1.29 is 78.8 Å². The van der Waals surface area contributed by atoms with Crippen LogP contribution in [0.4, 0.5) is 0 Å². The van der Waals surface area contributed by atoms with Crippen molar-refractivity contribution in [2.24, 2.45) is 0 Å². The van der Waals surface area contributed by atoms with Gasteiger partial charge in [0.05, 0.1) is 0 Å². The number of unbranched alkanes of at least 4 members (excludes halogenated alkanes) is 1. The average Bonchev–Trinajstić information content (AvgIpc) is 1.61. The van der Waals surface area contributed by atoms with E-state index < -0.39 is 8.07 Å². The summed E-state index contributed by atoms with van der Waals surface area (Å²) in [4.78, 5) is 0. The van der Waals surface area contributed by atoms with Crippen molar-refractivity contribution >= 4 is 8.07 Å². The van der Waals surface area contributed by atoms with Crippen molar-refractivity contribution in [3.63, 3.8) is 0 Å². The predicted molar refractivity (Wildman–Crippen MR) is 49.0 cm³/mol. The van der Waals surface area contributed by atoms with Gasteiger partial charge in [-0.3, -0.25) is 0 Å². The largest absolute Gasteiger partial charge is 1.00 e. The molecule has 0 saturated carbocycles. The molecule has 0 aromatic heterocycles. The quantitative estimate of drug-likeness (QED) is 0.252. The van der Waals surface area contributed by atoms with Crippen LogP contribution in [0, 0.1) is 13.5 Å². The third-order valence-corrected chi connectivity index (χ3v) is 0.354. The average molecular weight is 349 g/mol. The first-order chi connectivity index (χ1) is 3.91. The first kappa shape index (κ1) is 36.1. The van der Waals surface area contributed by atoms with Crippen LogP contribution in [0.5, 0.6) is 0 Å².